The smallest absolute Gasteiger partial charge is 0.100 e. The van der Waals surface area contributed by atoms with Crippen LogP contribution >= 0.6 is 12.4 Å². The van der Waals surface area contributed by atoms with E-state index in [1.807, 2.05) is 0 Å². The van der Waals surface area contributed by atoms with Gasteiger partial charge < -0.3 is 9.80 Å². The normalized spacial score (nSPS) is 15.8. The standard InChI is InChI=1S/C17H21N3.ClH/c1-19-8-10-20(11-9-19)17(18)13-14-6-7-15-4-2-3-5-16(15)12-14;/h2-7,12,18H,8-11,13H2,1H3;1H. The van der Waals surface area contributed by atoms with E-state index in [4.69, 9.17) is 5.41 Å². The maximum atomic E-state index is 8.30. The number of hydrogen-bond acceptors (Lipinski definition) is 2. The van der Waals surface area contributed by atoms with Crippen LogP contribution in [0.25, 0.3) is 10.8 Å². The number of nitrogens with one attached hydrogen (secondary N) is 1. The molecule has 1 aliphatic rings. The highest BCUT2D eigenvalue weighted by molar-refractivity contribution is 5.86. The van der Waals surface area contributed by atoms with E-state index in [2.05, 4.69) is 59.3 Å². The minimum absolute atomic E-state index is 0. The SMILES string of the molecule is CN1CCN(C(=N)Cc2ccc3ccccc3c2)CC1.Cl. The van der Waals surface area contributed by atoms with E-state index < -0.39 is 0 Å². The van der Waals surface area contributed by atoms with Crippen LogP contribution < -0.4 is 0 Å². The summed E-state index contributed by atoms with van der Waals surface area (Å²) in [6.07, 6.45) is 0.731. The van der Waals surface area contributed by atoms with Crippen LogP contribution in [0.2, 0.25) is 0 Å². The third-order valence-corrected chi connectivity index (χ3v) is 4.07. The van der Waals surface area contributed by atoms with Crippen molar-refractivity contribution < 1.29 is 0 Å². The number of nitrogens with zero attached hydrogens (tertiary/aromatic N) is 2. The molecular weight excluding hydrogens is 282 g/mol. The first-order chi connectivity index (χ1) is 9.72. The van der Waals surface area contributed by atoms with Gasteiger partial charge in [0.1, 0.15) is 5.84 Å². The van der Waals surface area contributed by atoms with E-state index in [0.29, 0.717) is 0 Å². The molecule has 1 saturated heterocycles. The number of likely N-dealkylation sites (N-methyl/N-ethyl adjacent to an activating group) is 1. The van der Waals surface area contributed by atoms with Gasteiger partial charge in [0.25, 0.3) is 0 Å². The van der Waals surface area contributed by atoms with Crippen LogP contribution in [0, 0.1) is 5.41 Å². The fourth-order valence-electron chi connectivity index (χ4n) is 2.73. The number of rotatable bonds is 2. The van der Waals surface area contributed by atoms with Gasteiger partial charge in [-0.25, -0.2) is 0 Å². The van der Waals surface area contributed by atoms with Crippen LogP contribution in [0.15, 0.2) is 42.5 Å². The quantitative estimate of drug-likeness (QED) is 0.683. The van der Waals surface area contributed by atoms with Crippen molar-refractivity contribution in [3.05, 3.63) is 48.0 Å². The van der Waals surface area contributed by atoms with Crippen LogP contribution in [0.5, 0.6) is 0 Å². The summed E-state index contributed by atoms with van der Waals surface area (Å²) in [5.74, 6) is 0.744. The number of fused-ring (bicyclic) bond motifs is 1. The van der Waals surface area contributed by atoms with Crippen LogP contribution in [-0.4, -0.2) is 48.9 Å². The second kappa shape index (κ2) is 6.92. The Labute approximate surface area is 132 Å². The highest BCUT2D eigenvalue weighted by Crippen LogP contribution is 2.16. The molecule has 3 rings (SSSR count). The van der Waals surface area contributed by atoms with Crippen molar-refractivity contribution in [1.29, 1.82) is 5.41 Å². The molecule has 2 aromatic rings. The molecular formula is C17H22ClN3. The zero-order valence-electron chi connectivity index (χ0n) is 12.4. The lowest BCUT2D eigenvalue weighted by atomic mass is 10.0. The number of benzene rings is 2. The maximum absolute atomic E-state index is 8.30. The molecule has 21 heavy (non-hydrogen) atoms. The molecule has 0 unspecified atom stereocenters. The van der Waals surface area contributed by atoms with Crippen LogP contribution in [0.1, 0.15) is 5.56 Å². The summed E-state index contributed by atoms with van der Waals surface area (Å²) in [6.45, 7) is 4.06. The van der Waals surface area contributed by atoms with E-state index in [9.17, 15) is 0 Å². The van der Waals surface area contributed by atoms with Gasteiger partial charge in [-0.2, -0.15) is 0 Å². The topological polar surface area (TPSA) is 30.3 Å². The molecule has 1 N–H and O–H groups in total. The Morgan fingerprint density at radius 3 is 2.38 bits per heavy atom. The van der Waals surface area contributed by atoms with Crippen LogP contribution in [-0.2, 0) is 6.42 Å². The number of halogens is 1. The fraction of sp³-hybridized carbons (Fsp3) is 0.353. The summed E-state index contributed by atoms with van der Waals surface area (Å²) in [5.41, 5.74) is 1.23. The maximum Gasteiger partial charge on any atom is 0.100 e. The Bertz CT molecular complexity index is 618. The van der Waals surface area contributed by atoms with Gasteiger partial charge in [-0.1, -0.05) is 42.5 Å². The number of amidine groups is 1. The van der Waals surface area contributed by atoms with Gasteiger partial charge in [-0.3, -0.25) is 5.41 Å². The van der Waals surface area contributed by atoms with E-state index in [1.165, 1.54) is 16.3 Å². The summed E-state index contributed by atoms with van der Waals surface area (Å²) in [4.78, 5) is 4.52. The average molecular weight is 304 g/mol. The second-order valence-corrected chi connectivity index (χ2v) is 5.60. The van der Waals surface area contributed by atoms with Gasteiger partial charge in [0, 0.05) is 32.6 Å². The van der Waals surface area contributed by atoms with Gasteiger partial charge in [0.05, 0.1) is 0 Å². The Morgan fingerprint density at radius 1 is 1.00 bits per heavy atom. The fourth-order valence-corrected chi connectivity index (χ4v) is 2.73. The van der Waals surface area contributed by atoms with Crippen LogP contribution in [0.4, 0.5) is 0 Å². The summed E-state index contributed by atoms with van der Waals surface area (Å²) in [6, 6.07) is 14.9. The zero-order valence-corrected chi connectivity index (χ0v) is 13.2. The van der Waals surface area contributed by atoms with Crippen molar-refractivity contribution in [1.82, 2.24) is 9.80 Å². The molecule has 0 atom stereocenters. The first-order valence-electron chi connectivity index (χ1n) is 7.21. The molecule has 1 fully saturated rings. The molecule has 0 saturated carbocycles. The lowest BCUT2D eigenvalue weighted by molar-refractivity contribution is 0.213. The van der Waals surface area contributed by atoms with Gasteiger partial charge in [0.15, 0.2) is 0 Å². The molecule has 1 aliphatic heterocycles. The van der Waals surface area contributed by atoms with Crippen molar-refractivity contribution in [2.75, 3.05) is 33.2 Å². The molecule has 0 aliphatic carbocycles. The Kier molecular flexibility index (Phi) is 5.21. The summed E-state index contributed by atoms with van der Waals surface area (Å²) < 4.78 is 0. The molecule has 0 aromatic heterocycles. The summed E-state index contributed by atoms with van der Waals surface area (Å²) in [5, 5.41) is 10.8. The highest BCUT2D eigenvalue weighted by Gasteiger charge is 2.16. The molecule has 1 heterocycles. The molecule has 4 heteroatoms. The number of piperazine rings is 1. The first-order valence-corrected chi connectivity index (χ1v) is 7.21. The predicted octanol–water partition coefficient (Wildman–Crippen LogP) is 3.03. The minimum Gasteiger partial charge on any atom is -0.358 e. The number of hydrogen-bond donors (Lipinski definition) is 1. The Hall–Kier alpha value is -1.58. The van der Waals surface area contributed by atoms with E-state index in [1.54, 1.807) is 0 Å². The molecule has 2 aromatic carbocycles. The predicted molar refractivity (Wildman–Crippen MR) is 91.7 cm³/mol. The van der Waals surface area contributed by atoms with Crippen molar-refractivity contribution in [2.45, 2.75) is 6.42 Å². The largest absolute Gasteiger partial charge is 0.358 e. The molecule has 0 amide bonds. The molecule has 3 nitrogen and oxygen atoms in total. The van der Waals surface area contributed by atoms with E-state index >= 15 is 0 Å². The molecule has 112 valence electrons. The third-order valence-electron chi connectivity index (χ3n) is 4.07. The van der Waals surface area contributed by atoms with Crippen LogP contribution in [0.3, 0.4) is 0 Å². The summed E-state index contributed by atoms with van der Waals surface area (Å²) in [7, 11) is 2.14. The Balaban J connectivity index is 0.00000161. The van der Waals surface area contributed by atoms with Crippen molar-refractivity contribution in [3.63, 3.8) is 0 Å². The third kappa shape index (κ3) is 3.74. The lowest BCUT2D eigenvalue weighted by Gasteiger charge is -2.34. The highest BCUT2D eigenvalue weighted by atomic mass is 35.5. The average Bonchev–Trinajstić information content (AvgIpc) is 2.48. The van der Waals surface area contributed by atoms with Gasteiger partial charge in [-0.15, -0.1) is 12.4 Å². The van der Waals surface area contributed by atoms with E-state index in [-0.39, 0.29) is 12.4 Å². The zero-order chi connectivity index (χ0) is 13.9. The Morgan fingerprint density at radius 2 is 1.67 bits per heavy atom. The summed E-state index contributed by atoms with van der Waals surface area (Å²) >= 11 is 0. The van der Waals surface area contributed by atoms with Gasteiger partial charge in [-0.05, 0) is 23.4 Å². The van der Waals surface area contributed by atoms with Crippen molar-refractivity contribution in [3.8, 4) is 0 Å². The monoisotopic (exact) mass is 303 g/mol. The van der Waals surface area contributed by atoms with E-state index in [0.717, 1.165) is 38.4 Å². The first kappa shape index (κ1) is 15.8. The molecule has 0 bridgehead atoms. The lowest BCUT2D eigenvalue weighted by Crippen LogP contribution is -2.47. The van der Waals surface area contributed by atoms with Crippen molar-refractivity contribution in [2.24, 2.45) is 0 Å². The molecule has 0 spiro atoms. The second-order valence-electron chi connectivity index (χ2n) is 5.60. The van der Waals surface area contributed by atoms with Gasteiger partial charge >= 0.3 is 0 Å². The van der Waals surface area contributed by atoms with Gasteiger partial charge in [0.2, 0.25) is 0 Å². The minimum atomic E-state index is 0. The molecule has 0 radical (unpaired) electrons. The van der Waals surface area contributed by atoms with Crippen molar-refractivity contribution >= 4 is 29.0 Å².